The van der Waals surface area contributed by atoms with Crippen molar-refractivity contribution in [3.63, 3.8) is 0 Å². The molecule has 0 bridgehead atoms. The molecule has 102 valence electrons. The van der Waals surface area contributed by atoms with Crippen molar-refractivity contribution in [1.82, 2.24) is 5.43 Å². The number of hydrazine groups is 1. The maximum absolute atomic E-state index is 14.1. The molecule has 1 aromatic carbocycles. The van der Waals surface area contributed by atoms with E-state index in [9.17, 15) is 4.39 Å². The number of ether oxygens (including phenoxy) is 1. The second-order valence-electron chi connectivity index (χ2n) is 4.31. The molecule has 0 radical (unpaired) electrons. The third-order valence-corrected chi connectivity index (χ3v) is 4.11. The Hall–Kier alpha value is -1.43. The van der Waals surface area contributed by atoms with Crippen LogP contribution >= 0.6 is 11.3 Å². The lowest BCUT2D eigenvalue weighted by molar-refractivity contribution is 0.382. The number of aryl methyl sites for hydroxylation is 1. The SMILES string of the molecule is COc1cccc(CC(NN)c2ccc(C)s2)c1F. The average Bonchev–Trinajstić information content (AvgIpc) is 2.84. The molecule has 3 nitrogen and oxygen atoms in total. The second-order valence-corrected chi connectivity index (χ2v) is 5.62. The van der Waals surface area contributed by atoms with Crippen molar-refractivity contribution in [3.05, 3.63) is 51.5 Å². The number of benzene rings is 1. The van der Waals surface area contributed by atoms with Crippen LogP contribution in [-0.4, -0.2) is 7.11 Å². The molecule has 0 spiro atoms. The minimum Gasteiger partial charge on any atom is -0.494 e. The molecule has 1 unspecified atom stereocenters. The van der Waals surface area contributed by atoms with Gasteiger partial charge in [0.25, 0.3) is 0 Å². The fourth-order valence-corrected chi connectivity index (χ4v) is 2.91. The Morgan fingerprint density at radius 1 is 1.37 bits per heavy atom. The molecule has 5 heteroatoms. The van der Waals surface area contributed by atoms with Crippen LogP contribution in [0.3, 0.4) is 0 Å². The quantitative estimate of drug-likeness (QED) is 0.654. The first-order valence-corrected chi connectivity index (χ1v) is 6.81. The van der Waals surface area contributed by atoms with Gasteiger partial charge in [0, 0.05) is 9.75 Å². The highest BCUT2D eigenvalue weighted by atomic mass is 32.1. The number of halogens is 1. The van der Waals surface area contributed by atoms with Crippen molar-refractivity contribution in [2.75, 3.05) is 7.11 Å². The van der Waals surface area contributed by atoms with Gasteiger partial charge in [0.2, 0.25) is 0 Å². The molecule has 1 heterocycles. The Labute approximate surface area is 116 Å². The first-order valence-electron chi connectivity index (χ1n) is 5.99. The minimum absolute atomic E-state index is 0.0969. The summed E-state index contributed by atoms with van der Waals surface area (Å²) in [5, 5.41) is 0. The van der Waals surface area contributed by atoms with E-state index < -0.39 is 0 Å². The number of hydrogen-bond donors (Lipinski definition) is 2. The van der Waals surface area contributed by atoms with Crippen molar-refractivity contribution in [3.8, 4) is 5.75 Å². The largest absolute Gasteiger partial charge is 0.494 e. The van der Waals surface area contributed by atoms with Crippen LogP contribution in [0.2, 0.25) is 0 Å². The molecule has 0 fully saturated rings. The van der Waals surface area contributed by atoms with Gasteiger partial charge in [-0.15, -0.1) is 11.3 Å². The summed E-state index contributed by atoms with van der Waals surface area (Å²) in [6, 6.07) is 9.10. The van der Waals surface area contributed by atoms with Crippen LogP contribution < -0.4 is 16.0 Å². The van der Waals surface area contributed by atoms with Gasteiger partial charge >= 0.3 is 0 Å². The molecular weight excluding hydrogens is 263 g/mol. The van der Waals surface area contributed by atoms with E-state index in [0.717, 1.165) is 4.88 Å². The molecule has 1 aromatic heterocycles. The summed E-state index contributed by atoms with van der Waals surface area (Å²) in [5.41, 5.74) is 3.34. The standard InChI is InChI=1S/C14H17FN2OS/c1-9-6-7-13(19-9)11(17-16)8-10-4-3-5-12(18-2)14(10)15/h3-7,11,17H,8,16H2,1-2H3. The van der Waals surface area contributed by atoms with Gasteiger partial charge in [-0.1, -0.05) is 12.1 Å². The van der Waals surface area contributed by atoms with Crippen LogP contribution in [0.5, 0.6) is 5.75 Å². The van der Waals surface area contributed by atoms with Crippen LogP contribution in [0.1, 0.15) is 21.4 Å². The minimum atomic E-state index is -0.321. The summed E-state index contributed by atoms with van der Waals surface area (Å²) < 4.78 is 19.1. The third kappa shape index (κ3) is 3.12. The van der Waals surface area contributed by atoms with E-state index in [1.54, 1.807) is 29.5 Å². The van der Waals surface area contributed by atoms with Crippen LogP contribution in [0, 0.1) is 12.7 Å². The number of thiophene rings is 1. The molecule has 0 aliphatic heterocycles. The monoisotopic (exact) mass is 280 g/mol. The van der Waals surface area contributed by atoms with Crippen LogP contribution in [0.25, 0.3) is 0 Å². The van der Waals surface area contributed by atoms with Gasteiger partial charge < -0.3 is 4.74 Å². The number of nitrogens with one attached hydrogen (secondary N) is 1. The van der Waals surface area contributed by atoms with E-state index in [1.807, 2.05) is 19.1 Å². The highest BCUT2D eigenvalue weighted by molar-refractivity contribution is 7.12. The molecule has 1 atom stereocenters. The first kappa shape index (κ1) is 14.0. The lowest BCUT2D eigenvalue weighted by Gasteiger charge is -2.15. The lowest BCUT2D eigenvalue weighted by atomic mass is 10.0. The Balaban J connectivity index is 2.23. The smallest absolute Gasteiger partial charge is 0.168 e. The number of methoxy groups -OCH3 is 1. The van der Waals surface area contributed by atoms with E-state index in [0.29, 0.717) is 12.0 Å². The van der Waals surface area contributed by atoms with Gasteiger partial charge in [0.05, 0.1) is 13.2 Å². The first-order chi connectivity index (χ1) is 9.15. The van der Waals surface area contributed by atoms with Gasteiger partial charge in [0.1, 0.15) is 0 Å². The van der Waals surface area contributed by atoms with Crippen molar-refractivity contribution in [1.29, 1.82) is 0 Å². The van der Waals surface area contributed by atoms with E-state index in [2.05, 4.69) is 5.43 Å². The highest BCUT2D eigenvalue weighted by Gasteiger charge is 2.16. The van der Waals surface area contributed by atoms with Gasteiger partial charge in [-0.3, -0.25) is 11.3 Å². The Morgan fingerprint density at radius 3 is 2.74 bits per heavy atom. The lowest BCUT2D eigenvalue weighted by Crippen LogP contribution is -2.29. The summed E-state index contributed by atoms with van der Waals surface area (Å²) in [6.07, 6.45) is 0.486. The molecule has 0 aliphatic carbocycles. The zero-order valence-corrected chi connectivity index (χ0v) is 11.8. The third-order valence-electron chi connectivity index (χ3n) is 2.99. The molecule has 0 aliphatic rings. The summed E-state index contributed by atoms with van der Waals surface area (Å²) in [4.78, 5) is 2.31. The van der Waals surface area contributed by atoms with Gasteiger partial charge in [-0.05, 0) is 37.1 Å². The van der Waals surface area contributed by atoms with E-state index in [1.165, 1.54) is 12.0 Å². The van der Waals surface area contributed by atoms with Crippen molar-refractivity contribution >= 4 is 11.3 Å². The molecule has 3 N–H and O–H groups in total. The highest BCUT2D eigenvalue weighted by Crippen LogP contribution is 2.28. The van der Waals surface area contributed by atoms with E-state index >= 15 is 0 Å². The van der Waals surface area contributed by atoms with Crippen molar-refractivity contribution in [2.24, 2.45) is 5.84 Å². The van der Waals surface area contributed by atoms with Crippen molar-refractivity contribution < 1.29 is 9.13 Å². The molecule has 0 saturated heterocycles. The van der Waals surface area contributed by atoms with E-state index in [-0.39, 0.29) is 17.6 Å². The molecule has 0 saturated carbocycles. The fraction of sp³-hybridized carbons (Fsp3) is 0.286. The molecule has 2 aromatic rings. The topological polar surface area (TPSA) is 47.3 Å². The maximum Gasteiger partial charge on any atom is 0.168 e. The van der Waals surface area contributed by atoms with Crippen LogP contribution in [-0.2, 0) is 6.42 Å². The summed E-state index contributed by atoms with van der Waals surface area (Å²) in [7, 11) is 1.46. The summed E-state index contributed by atoms with van der Waals surface area (Å²) in [6.45, 7) is 2.04. The number of nitrogens with two attached hydrogens (primary N) is 1. The fourth-order valence-electron chi connectivity index (χ4n) is 1.97. The molecule has 0 amide bonds. The normalized spacial score (nSPS) is 12.4. The second kappa shape index (κ2) is 6.14. The van der Waals surface area contributed by atoms with E-state index in [4.69, 9.17) is 10.6 Å². The summed E-state index contributed by atoms with van der Waals surface area (Å²) >= 11 is 1.66. The molecule has 2 rings (SSSR count). The van der Waals surface area contributed by atoms with Gasteiger partial charge in [-0.2, -0.15) is 0 Å². The predicted octanol–water partition coefficient (Wildman–Crippen LogP) is 2.95. The maximum atomic E-state index is 14.1. The predicted molar refractivity (Wildman–Crippen MR) is 75.8 cm³/mol. The molecule has 19 heavy (non-hydrogen) atoms. The Bertz CT molecular complexity index is 556. The molecular formula is C14H17FN2OS. The zero-order chi connectivity index (χ0) is 13.8. The Morgan fingerprint density at radius 2 is 2.16 bits per heavy atom. The van der Waals surface area contributed by atoms with Crippen molar-refractivity contribution in [2.45, 2.75) is 19.4 Å². The average molecular weight is 280 g/mol. The van der Waals surface area contributed by atoms with Gasteiger partial charge in [0.15, 0.2) is 11.6 Å². The Kier molecular flexibility index (Phi) is 4.52. The van der Waals surface area contributed by atoms with Gasteiger partial charge in [-0.25, -0.2) is 4.39 Å². The number of hydrogen-bond acceptors (Lipinski definition) is 4. The van der Waals surface area contributed by atoms with Crippen LogP contribution in [0.15, 0.2) is 30.3 Å². The zero-order valence-electron chi connectivity index (χ0n) is 10.9. The number of rotatable bonds is 5. The summed E-state index contributed by atoms with van der Waals surface area (Å²) in [5.74, 6) is 5.52. The van der Waals surface area contributed by atoms with Crippen LogP contribution in [0.4, 0.5) is 4.39 Å².